The van der Waals surface area contributed by atoms with E-state index in [-0.39, 0.29) is 5.91 Å². The Kier molecular flexibility index (Phi) is 6.49. The van der Waals surface area contributed by atoms with E-state index in [1.807, 2.05) is 56.3 Å². The highest BCUT2D eigenvalue weighted by Gasteiger charge is 2.22. The molecule has 0 unspecified atom stereocenters. The van der Waals surface area contributed by atoms with Gasteiger partial charge >= 0.3 is 0 Å². The molecular formula is C21H25N3O3S. The van der Waals surface area contributed by atoms with Crippen LogP contribution in [0.5, 0.6) is 11.5 Å². The van der Waals surface area contributed by atoms with Crippen molar-refractivity contribution in [3.8, 4) is 11.5 Å². The zero-order valence-corrected chi connectivity index (χ0v) is 17.5. The van der Waals surface area contributed by atoms with Crippen LogP contribution in [-0.4, -0.2) is 56.7 Å². The van der Waals surface area contributed by atoms with Gasteiger partial charge in [-0.3, -0.25) is 9.69 Å². The van der Waals surface area contributed by atoms with Crippen molar-refractivity contribution < 1.29 is 14.3 Å². The van der Waals surface area contributed by atoms with Crippen LogP contribution in [0.4, 0.5) is 5.13 Å². The van der Waals surface area contributed by atoms with Crippen LogP contribution in [-0.2, 0) is 0 Å². The molecule has 7 heteroatoms. The Morgan fingerprint density at radius 3 is 2.64 bits per heavy atom. The lowest BCUT2D eigenvalue weighted by Crippen LogP contribution is -2.36. The Labute approximate surface area is 169 Å². The summed E-state index contributed by atoms with van der Waals surface area (Å²) in [6.45, 7) is 3.84. The minimum Gasteiger partial charge on any atom is -0.497 e. The second-order valence-corrected chi connectivity index (χ2v) is 7.56. The summed E-state index contributed by atoms with van der Waals surface area (Å²) in [5.41, 5.74) is 1.43. The van der Waals surface area contributed by atoms with Crippen LogP contribution < -0.4 is 14.4 Å². The molecule has 28 heavy (non-hydrogen) atoms. The first kappa shape index (κ1) is 20.1. The standard InChI is InChI=1S/C21H25N3O3S/c1-5-27-17-9-10-18-19(14-17)28-21(22-18)24(12-11-23(2)3)20(25)15-7-6-8-16(13-15)26-4/h6-10,13-14H,5,11-12H2,1-4H3. The van der Waals surface area contributed by atoms with Gasteiger partial charge in [0.15, 0.2) is 5.13 Å². The first-order valence-corrected chi connectivity index (χ1v) is 9.97. The quantitative estimate of drug-likeness (QED) is 0.575. The van der Waals surface area contributed by atoms with E-state index in [1.54, 1.807) is 24.1 Å². The third-order valence-electron chi connectivity index (χ3n) is 4.22. The predicted octanol–water partition coefficient (Wildman–Crippen LogP) is 3.91. The number of amides is 1. The third kappa shape index (κ3) is 4.61. The summed E-state index contributed by atoms with van der Waals surface area (Å²) in [6, 6.07) is 13.0. The Morgan fingerprint density at radius 2 is 1.93 bits per heavy atom. The SMILES string of the molecule is CCOc1ccc2nc(N(CCN(C)C)C(=O)c3cccc(OC)c3)sc2c1. The number of carbonyl (C=O) groups excluding carboxylic acids is 1. The average molecular weight is 400 g/mol. The zero-order valence-electron chi connectivity index (χ0n) is 16.6. The van der Waals surface area contributed by atoms with Crippen molar-refractivity contribution in [2.24, 2.45) is 0 Å². The number of ether oxygens (including phenoxy) is 2. The highest BCUT2D eigenvalue weighted by Crippen LogP contribution is 2.32. The lowest BCUT2D eigenvalue weighted by molar-refractivity contribution is 0.0985. The summed E-state index contributed by atoms with van der Waals surface area (Å²) in [6.07, 6.45) is 0. The van der Waals surface area contributed by atoms with Crippen LogP contribution >= 0.6 is 11.3 Å². The maximum absolute atomic E-state index is 13.3. The molecule has 0 fully saturated rings. The molecule has 6 nitrogen and oxygen atoms in total. The summed E-state index contributed by atoms with van der Waals surface area (Å²) in [7, 11) is 5.57. The van der Waals surface area contributed by atoms with Gasteiger partial charge in [-0.05, 0) is 57.4 Å². The molecule has 3 aromatic rings. The van der Waals surface area contributed by atoms with Crippen molar-refractivity contribution in [2.75, 3.05) is 45.8 Å². The highest BCUT2D eigenvalue weighted by molar-refractivity contribution is 7.22. The Balaban J connectivity index is 1.96. The van der Waals surface area contributed by atoms with E-state index < -0.39 is 0 Å². The molecule has 1 amide bonds. The molecule has 148 valence electrons. The van der Waals surface area contributed by atoms with Crippen molar-refractivity contribution >= 4 is 32.6 Å². The Hall–Kier alpha value is -2.64. The molecule has 0 aliphatic carbocycles. The molecular weight excluding hydrogens is 374 g/mol. The van der Waals surface area contributed by atoms with Gasteiger partial charge in [-0.2, -0.15) is 0 Å². The topological polar surface area (TPSA) is 54.9 Å². The second kappa shape index (κ2) is 9.03. The molecule has 0 aliphatic heterocycles. The molecule has 0 spiro atoms. The lowest BCUT2D eigenvalue weighted by Gasteiger charge is -2.22. The van der Waals surface area contributed by atoms with Gasteiger partial charge in [0.25, 0.3) is 5.91 Å². The van der Waals surface area contributed by atoms with Gasteiger partial charge in [0.05, 0.1) is 23.9 Å². The van der Waals surface area contributed by atoms with Gasteiger partial charge in [0.2, 0.25) is 0 Å². The first-order chi connectivity index (χ1) is 13.5. The fourth-order valence-corrected chi connectivity index (χ4v) is 3.78. The number of aromatic nitrogens is 1. The van der Waals surface area contributed by atoms with Crippen LogP contribution in [0.1, 0.15) is 17.3 Å². The summed E-state index contributed by atoms with van der Waals surface area (Å²) < 4.78 is 11.8. The lowest BCUT2D eigenvalue weighted by atomic mass is 10.2. The van der Waals surface area contributed by atoms with Crippen LogP contribution in [0, 0.1) is 0 Å². The number of fused-ring (bicyclic) bond motifs is 1. The number of anilines is 1. The number of rotatable bonds is 8. The molecule has 0 saturated carbocycles. The van der Waals surface area contributed by atoms with E-state index in [9.17, 15) is 4.79 Å². The normalized spacial score (nSPS) is 11.0. The van der Waals surface area contributed by atoms with Gasteiger partial charge in [-0.1, -0.05) is 17.4 Å². The van der Waals surface area contributed by atoms with Crippen LogP contribution in [0.3, 0.4) is 0 Å². The van der Waals surface area contributed by atoms with E-state index in [2.05, 4.69) is 0 Å². The molecule has 0 bridgehead atoms. The fourth-order valence-electron chi connectivity index (χ4n) is 2.76. The molecule has 0 saturated heterocycles. The van der Waals surface area contributed by atoms with E-state index in [1.165, 1.54) is 11.3 Å². The minimum atomic E-state index is -0.0927. The first-order valence-electron chi connectivity index (χ1n) is 9.16. The minimum absolute atomic E-state index is 0.0927. The van der Waals surface area contributed by atoms with Gasteiger partial charge in [-0.25, -0.2) is 4.98 Å². The van der Waals surface area contributed by atoms with E-state index in [0.717, 1.165) is 22.5 Å². The largest absolute Gasteiger partial charge is 0.497 e. The summed E-state index contributed by atoms with van der Waals surface area (Å²) in [5.74, 6) is 1.37. The number of likely N-dealkylation sites (N-methyl/N-ethyl adjacent to an activating group) is 1. The number of methoxy groups -OCH3 is 1. The van der Waals surface area contributed by atoms with Crippen LogP contribution in [0.25, 0.3) is 10.2 Å². The maximum Gasteiger partial charge on any atom is 0.260 e. The number of hydrogen-bond acceptors (Lipinski definition) is 6. The number of thiazole rings is 1. The van der Waals surface area contributed by atoms with Gasteiger partial charge in [0.1, 0.15) is 11.5 Å². The van der Waals surface area contributed by atoms with E-state index in [4.69, 9.17) is 14.5 Å². The van der Waals surface area contributed by atoms with E-state index in [0.29, 0.717) is 29.6 Å². The Bertz CT molecular complexity index is 955. The number of hydrogen-bond donors (Lipinski definition) is 0. The molecule has 0 aliphatic rings. The number of benzene rings is 2. The fraction of sp³-hybridized carbons (Fsp3) is 0.333. The van der Waals surface area contributed by atoms with Crippen molar-refractivity contribution in [2.45, 2.75) is 6.92 Å². The number of nitrogens with zero attached hydrogens (tertiary/aromatic N) is 3. The second-order valence-electron chi connectivity index (χ2n) is 6.55. The van der Waals surface area contributed by atoms with Crippen molar-refractivity contribution in [3.05, 3.63) is 48.0 Å². The number of carbonyl (C=O) groups is 1. The van der Waals surface area contributed by atoms with E-state index >= 15 is 0 Å². The van der Waals surface area contributed by atoms with Crippen molar-refractivity contribution in [1.29, 1.82) is 0 Å². The summed E-state index contributed by atoms with van der Waals surface area (Å²) >= 11 is 1.49. The molecule has 0 atom stereocenters. The van der Waals surface area contributed by atoms with Crippen LogP contribution in [0.15, 0.2) is 42.5 Å². The molecule has 0 N–H and O–H groups in total. The summed E-state index contributed by atoms with van der Waals surface area (Å²) in [5, 5.41) is 0.679. The zero-order chi connectivity index (χ0) is 20.1. The van der Waals surface area contributed by atoms with Crippen LogP contribution in [0.2, 0.25) is 0 Å². The van der Waals surface area contributed by atoms with Gasteiger partial charge in [0, 0.05) is 18.7 Å². The van der Waals surface area contributed by atoms with Crippen molar-refractivity contribution in [1.82, 2.24) is 9.88 Å². The Morgan fingerprint density at radius 1 is 1.11 bits per heavy atom. The molecule has 1 aromatic heterocycles. The van der Waals surface area contributed by atoms with Gasteiger partial charge in [-0.15, -0.1) is 0 Å². The van der Waals surface area contributed by atoms with Gasteiger partial charge < -0.3 is 14.4 Å². The third-order valence-corrected chi connectivity index (χ3v) is 5.26. The summed E-state index contributed by atoms with van der Waals surface area (Å²) in [4.78, 5) is 21.7. The predicted molar refractivity (Wildman–Crippen MR) is 114 cm³/mol. The molecule has 2 aromatic carbocycles. The molecule has 0 radical (unpaired) electrons. The van der Waals surface area contributed by atoms with Crippen molar-refractivity contribution in [3.63, 3.8) is 0 Å². The highest BCUT2D eigenvalue weighted by atomic mass is 32.1. The maximum atomic E-state index is 13.3. The monoisotopic (exact) mass is 399 g/mol. The molecule has 1 heterocycles. The average Bonchev–Trinajstić information content (AvgIpc) is 3.11. The molecule has 3 rings (SSSR count). The smallest absolute Gasteiger partial charge is 0.260 e.